The van der Waals surface area contributed by atoms with Crippen LogP contribution in [0.25, 0.3) is 0 Å². The molecular weight excluding hydrogens is 384 g/mol. The SMILES string of the molecule is COc1ccc(CN(C)C(=S)Nc2ccc(Oc3ccccc3)cc2)c(OC)c1. The van der Waals surface area contributed by atoms with E-state index in [0.717, 1.165) is 34.2 Å². The molecule has 3 rings (SSSR count). The molecule has 6 heteroatoms. The van der Waals surface area contributed by atoms with Crippen molar-refractivity contribution in [1.29, 1.82) is 0 Å². The van der Waals surface area contributed by atoms with Crippen molar-refractivity contribution in [1.82, 2.24) is 4.90 Å². The van der Waals surface area contributed by atoms with Gasteiger partial charge in [0.1, 0.15) is 23.0 Å². The first-order chi connectivity index (χ1) is 14.1. The summed E-state index contributed by atoms with van der Waals surface area (Å²) >= 11 is 5.54. The number of benzene rings is 3. The molecule has 150 valence electrons. The molecule has 0 amide bonds. The number of nitrogens with one attached hydrogen (secondary N) is 1. The quantitative estimate of drug-likeness (QED) is 0.534. The van der Waals surface area contributed by atoms with E-state index >= 15 is 0 Å². The maximum absolute atomic E-state index is 5.81. The predicted molar refractivity (Wildman–Crippen MR) is 120 cm³/mol. The van der Waals surface area contributed by atoms with Gasteiger partial charge >= 0.3 is 0 Å². The summed E-state index contributed by atoms with van der Waals surface area (Å²) in [5.74, 6) is 3.09. The van der Waals surface area contributed by atoms with Crippen LogP contribution in [0.2, 0.25) is 0 Å². The third-order valence-electron chi connectivity index (χ3n) is 4.33. The molecule has 0 aliphatic heterocycles. The molecule has 0 saturated carbocycles. The topological polar surface area (TPSA) is 43.0 Å². The van der Waals surface area contributed by atoms with Crippen molar-refractivity contribution in [3.8, 4) is 23.0 Å². The minimum atomic E-state index is 0.605. The summed E-state index contributed by atoms with van der Waals surface area (Å²) in [6.45, 7) is 0.605. The van der Waals surface area contributed by atoms with E-state index in [1.54, 1.807) is 14.2 Å². The molecule has 0 bridgehead atoms. The minimum absolute atomic E-state index is 0.605. The van der Waals surface area contributed by atoms with Crippen molar-refractivity contribution in [2.24, 2.45) is 0 Å². The first-order valence-corrected chi connectivity index (χ1v) is 9.56. The van der Waals surface area contributed by atoms with Gasteiger partial charge in [-0.2, -0.15) is 0 Å². The molecule has 3 aromatic carbocycles. The van der Waals surface area contributed by atoms with Crippen LogP contribution in [0.15, 0.2) is 72.8 Å². The van der Waals surface area contributed by atoms with E-state index in [9.17, 15) is 0 Å². The number of hydrogen-bond donors (Lipinski definition) is 1. The van der Waals surface area contributed by atoms with Gasteiger partial charge in [0, 0.05) is 30.9 Å². The number of thiocarbonyl (C=S) groups is 1. The van der Waals surface area contributed by atoms with Gasteiger partial charge in [-0.05, 0) is 60.7 Å². The Morgan fingerprint density at radius 3 is 2.17 bits per heavy atom. The Morgan fingerprint density at radius 2 is 1.52 bits per heavy atom. The lowest BCUT2D eigenvalue weighted by Gasteiger charge is -2.22. The second kappa shape index (κ2) is 9.80. The van der Waals surface area contributed by atoms with E-state index in [0.29, 0.717) is 11.7 Å². The summed E-state index contributed by atoms with van der Waals surface area (Å²) in [5, 5.41) is 3.86. The molecule has 0 spiro atoms. The van der Waals surface area contributed by atoms with E-state index in [1.807, 2.05) is 84.7 Å². The Balaban J connectivity index is 1.59. The number of anilines is 1. The molecule has 0 atom stereocenters. The van der Waals surface area contributed by atoms with Gasteiger partial charge in [-0.25, -0.2) is 0 Å². The highest BCUT2D eigenvalue weighted by Crippen LogP contribution is 2.26. The standard InChI is InChI=1S/C23H24N2O3S/c1-25(16-17-9-12-21(26-2)15-22(17)27-3)23(29)24-18-10-13-20(14-11-18)28-19-7-5-4-6-8-19/h4-15H,16H2,1-3H3,(H,24,29). The van der Waals surface area contributed by atoms with Crippen LogP contribution in [0.1, 0.15) is 5.56 Å². The third kappa shape index (κ3) is 5.62. The van der Waals surface area contributed by atoms with Crippen LogP contribution in [-0.4, -0.2) is 31.3 Å². The molecule has 29 heavy (non-hydrogen) atoms. The van der Waals surface area contributed by atoms with E-state index in [-0.39, 0.29) is 0 Å². The van der Waals surface area contributed by atoms with Gasteiger partial charge in [0.05, 0.1) is 14.2 Å². The fourth-order valence-electron chi connectivity index (χ4n) is 2.76. The largest absolute Gasteiger partial charge is 0.497 e. The molecule has 0 fully saturated rings. The Labute approximate surface area is 176 Å². The maximum Gasteiger partial charge on any atom is 0.173 e. The second-order valence-corrected chi connectivity index (χ2v) is 6.79. The molecule has 0 saturated heterocycles. The van der Waals surface area contributed by atoms with Gasteiger partial charge in [-0.15, -0.1) is 0 Å². The van der Waals surface area contributed by atoms with Gasteiger partial charge in [-0.3, -0.25) is 0 Å². The van der Waals surface area contributed by atoms with Crippen molar-refractivity contribution in [3.63, 3.8) is 0 Å². The Kier molecular flexibility index (Phi) is 6.92. The van der Waals surface area contributed by atoms with E-state index < -0.39 is 0 Å². The highest BCUT2D eigenvalue weighted by molar-refractivity contribution is 7.80. The van der Waals surface area contributed by atoms with Crippen LogP contribution in [0.3, 0.4) is 0 Å². The average Bonchev–Trinajstić information content (AvgIpc) is 2.76. The monoisotopic (exact) mass is 408 g/mol. The van der Waals surface area contributed by atoms with Gasteiger partial charge in [0.25, 0.3) is 0 Å². The second-order valence-electron chi connectivity index (χ2n) is 6.40. The average molecular weight is 409 g/mol. The van der Waals surface area contributed by atoms with Crippen molar-refractivity contribution in [2.45, 2.75) is 6.54 Å². The number of nitrogens with zero attached hydrogens (tertiary/aromatic N) is 1. The van der Waals surface area contributed by atoms with E-state index in [2.05, 4.69) is 5.32 Å². The summed E-state index contributed by atoms with van der Waals surface area (Å²) in [4.78, 5) is 1.95. The fourth-order valence-corrected chi connectivity index (χ4v) is 2.94. The molecule has 0 aliphatic carbocycles. The number of rotatable bonds is 7. The first-order valence-electron chi connectivity index (χ1n) is 9.15. The van der Waals surface area contributed by atoms with Crippen LogP contribution < -0.4 is 19.5 Å². The highest BCUT2D eigenvalue weighted by atomic mass is 32.1. The summed E-state index contributed by atoms with van der Waals surface area (Å²) in [5.41, 5.74) is 1.91. The first kappa shape index (κ1) is 20.5. The lowest BCUT2D eigenvalue weighted by molar-refractivity contribution is 0.384. The molecule has 0 radical (unpaired) electrons. The van der Waals surface area contributed by atoms with E-state index in [1.165, 1.54) is 0 Å². The van der Waals surface area contributed by atoms with Gasteiger partial charge in [-0.1, -0.05) is 18.2 Å². The summed E-state index contributed by atoms with van der Waals surface area (Å²) in [7, 11) is 5.22. The van der Waals surface area contributed by atoms with Crippen molar-refractivity contribution in [3.05, 3.63) is 78.4 Å². The molecule has 1 N–H and O–H groups in total. The number of para-hydroxylation sites is 1. The molecule has 0 aliphatic rings. The molecular formula is C23H24N2O3S. The van der Waals surface area contributed by atoms with Crippen LogP contribution in [-0.2, 0) is 6.54 Å². The molecule has 3 aromatic rings. The molecule has 0 unspecified atom stereocenters. The van der Waals surface area contributed by atoms with Crippen LogP contribution in [0, 0.1) is 0 Å². The van der Waals surface area contributed by atoms with Gasteiger partial charge in [0.15, 0.2) is 5.11 Å². The smallest absolute Gasteiger partial charge is 0.173 e. The Morgan fingerprint density at radius 1 is 0.862 bits per heavy atom. The van der Waals surface area contributed by atoms with Crippen LogP contribution in [0.4, 0.5) is 5.69 Å². The molecule has 0 heterocycles. The zero-order valence-electron chi connectivity index (χ0n) is 16.7. The third-order valence-corrected chi connectivity index (χ3v) is 4.75. The lowest BCUT2D eigenvalue weighted by atomic mass is 10.2. The van der Waals surface area contributed by atoms with Crippen molar-refractivity contribution < 1.29 is 14.2 Å². The minimum Gasteiger partial charge on any atom is -0.497 e. The van der Waals surface area contributed by atoms with Gasteiger partial charge < -0.3 is 24.4 Å². The van der Waals surface area contributed by atoms with Crippen LogP contribution >= 0.6 is 12.2 Å². The zero-order chi connectivity index (χ0) is 20.6. The fraction of sp³-hybridized carbons (Fsp3) is 0.174. The Hall–Kier alpha value is -3.25. The lowest BCUT2D eigenvalue weighted by Crippen LogP contribution is -2.30. The predicted octanol–water partition coefficient (Wildman–Crippen LogP) is 5.32. The normalized spacial score (nSPS) is 10.2. The van der Waals surface area contributed by atoms with E-state index in [4.69, 9.17) is 26.4 Å². The number of ether oxygens (including phenoxy) is 3. The number of methoxy groups -OCH3 is 2. The summed E-state index contributed by atoms with van der Waals surface area (Å²) < 4.78 is 16.5. The van der Waals surface area contributed by atoms with Crippen molar-refractivity contribution in [2.75, 3.05) is 26.6 Å². The summed E-state index contributed by atoms with van der Waals surface area (Å²) in [6, 6.07) is 23.1. The van der Waals surface area contributed by atoms with Crippen LogP contribution in [0.5, 0.6) is 23.0 Å². The summed E-state index contributed by atoms with van der Waals surface area (Å²) in [6.07, 6.45) is 0. The maximum atomic E-state index is 5.81. The van der Waals surface area contributed by atoms with Crippen molar-refractivity contribution >= 4 is 23.0 Å². The zero-order valence-corrected chi connectivity index (χ0v) is 17.5. The molecule has 5 nitrogen and oxygen atoms in total. The van der Waals surface area contributed by atoms with Gasteiger partial charge in [0.2, 0.25) is 0 Å². The number of hydrogen-bond acceptors (Lipinski definition) is 4. The molecule has 0 aromatic heterocycles. The Bertz CT molecular complexity index is 946. The highest BCUT2D eigenvalue weighted by Gasteiger charge is 2.11.